The molecule has 0 aliphatic carbocycles. The molecule has 0 unspecified atom stereocenters. The standard InChI is InChI=1S/C23H25NO6/c1-13-21(15(3)25)14(2)24-22(13)23(27)16(4)30-20(26)9-7-17-6-8-18-19(12-17)29-11-5-10-28-18/h6-9,12,16,24H,5,10-11H2,1-4H3/b9-7+/t16-/m0/s1. The number of H-pyrrole nitrogens is 1. The Morgan fingerprint density at radius 2 is 1.83 bits per heavy atom. The molecule has 3 rings (SSSR count). The van der Waals surface area contributed by atoms with Crippen LogP contribution in [0.25, 0.3) is 6.08 Å². The summed E-state index contributed by atoms with van der Waals surface area (Å²) >= 11 is 0. The van der Waals surface area contributed by atoms with Crippen molar-refractivity contribution in [2.75, 3.05) is 13.2 Å². The third-order valence-corrected chi connectivity index (χ3v) is 4.88. The van der Waals surface area contributed by atoms with Gasteiger partial charge in [0.1, 0.15) is 0 Å². The second kappa shape index (κ2) is 8.98. The lowest BCUT2D eigenvalue weighted by Gasteiger charge is -2.11. The lowest BCUT2D eigenvalue weighted by Crippen LogP contribution is -2.24. The lowest BCUT2D eigenvalue weighted by atomic mass is 10.0. The summed E-state index contributed by atoms with van der Waals surface area (Å²) in [5.41, 5.74) is 2.71. The molecule has 1 N–H and O–H groups in total. The van der Waals surface area contributed by atoms with E-state index in [0.717, 1.165) is 12.0 Å². The molecule has 30 heavy (non-hydrogen) atoms. The van der Waals surface area contributed by atoms with Crippen LogP contribution in [0.2, 0.25) is 0 Å². The Morgan fingerprint density at radius 3 is 2.50 bits per heavy atom. The molecule has 1 atom stereocenters. The van der Waals surface area contributed by atoms with Crippen LogP contribution in [0.5, 0.6) is 11.5 Å². The largest absolute Gasteiger partial charge is 0.490 e. The molecule has 7 heteroatoms. The maximum atomic E-state index is 12.7. The van der Waals surface area contributed by atoms with Crippen molar-refractivity contribution in [2.45, 2.75) is 40.2 Å². The highest BCUT2D eigenvalue weighted by molar-refractivity contribution is 6.05. The molecule has 0 amide bonds. The zero-order valence-corrected chi connectivity index (χ0v) is 17.5. The number of fused-ring (bicyclic) bond motifs is 1. The van der Waals surface area contributed by atoms with E-state index in [1.54, 1.807) is 38.1 Å². The number of nitrogens with one attached hydrogen (secondary N) is 1. The highest BCUT2D eigenvalue weighted by Crippen LogP contribution is 2.30. The summed E-state index contributed by atoms with van der Waals surface area (Å²) in [6.45, 7) is 7.57. The molecule has 2 aromatic rings. The highest BCUT2D eigenvalue weighted by Gasteiger charge is 2.25. The highest BCUT2D eigenvalue weighted by atomic mass is 16.5. The van der Waals surface area contributed by atoms with Crippen LogP contribution in [0.1, 0.15) is 57.9 Å². The number of aryl methyl sites for hydroxylation is 1. The van der Waals surface area contributed by atoms with Gasteiger partial charge in [-0.25, -0.2) is 4.79 Å². The van der Waals surface area contributed by atoms with Gasteiger partial charge in [-0.2, -0.15) is 0 Å². The summed E-state index contributed by atoms with van der Waals surface area (Å²) in [4.78, 5) is 39.6. The summed E-state index contributed by atoms with van der Waals surface area (Å²) < 4.78 is 16.5. The number of carbonyl (C=O) groups is 3. The number of aromatic nitrogens is 1. The van der Waals surface area contributed by atoms with E-state index in [2.05, 4.69) is 4.98 Å². The number of aromatic amines is 1. The van der Waals surface area contributed by atoms with E-state index in [-0.39, 0.29) is 17.3 Å². The molecule has 158 valence electrons. The second-order valence-electron chi connectivity index (χ2n) is 7.21. The van der Waals surface area contributed by atoms with Crippen LogP contribution in [-0.4, -0.2) is 41.8 Å². The number of Topliss-reactive ketones (excluding diaryl/α,β-unsaturated/α-hetero) is 2. The van der Waals surface area contributed by atoms with Crippen molar-refractivity contribution in [3.8, 4) is 11.5 Å². The Labute approximate surface area is 175 Å². The molecule has 0 fully saturated rings. The molecular formula is C23H25NO6. The van der Waals surface area contributed by atoms with Crippen LogP contribution in [0.15, 0.2) is 24.3 Å². The van der Waals surface area contributed by atoms with Crippen molar-refractivity contribution in [2.24, 2.45) is 0 Å². The Kier molecular flexibility index (Phi) is 6.40. The Hall–Kier alpha value is -3.35. The van der Waals surface area contributed by atoms with Gasteiger partial charge in [0.05, 0.1) is 18.9 Å². The first-order valence-electron chi connectivity index (χ1n) is 9.80. The van der Waals surface area contributed by atoms with E-state index in [4.69, 9.17) is 14.2 Å². The predicted octanol–water partition coefficient (Wildman–Crippen LogP) is 3.82. The van der Waals surface area contributed by atoms with Gasteiger partial charge in [0, 0.05) is 23.8 Å². The maximum Gasteiger partial charge on any atom is 0.331 e. The average Bonchev–Trinajstić information content (AvgIpc) is 2.86. The molecule has 1 aliphatic rings. The topological polar surface area (TPSA) is 94.7 Å². The zero-order valence-electron chi connectivity index (χ0n) is 17.5. The fourth-order valence-electron chi connectivity index (χ4n) is 3.44. The van der Waals surface area contributed by atoms with E-state index >= 15 is 0 Å². The molecule has 0 radical (unpaired) electrons. The van der Waals surface area contributed by atoms with Gasteiger partial charge in [-0.05, 0) is 57.0 Å². The van der Waals surface area contributed by atoms with Gasteiger partial charge in [-0.1, -0.05) is 6.07 Å². The fourth-order valence-corrected chi connectivity index (χ4v) is 3.44. The fraction of sp³-hybridized carbons (Fsp3) is 0.348. The monoisotopic (exact) mass is 411 g/mol. The lowest BCUT2D eigenvalue weighted by molar-refractivity contribution is -0.140. The molecule has 0 saturated carbocycles. The number of rotatable bonds is 6. The molecule has 0 spiro atoms. The first-order chi connectivity index (χ1) is 14.3. The Bertz CT molecular complexity index is 1020. The van der Waals surface area contributed by atoms with Gasteiger partial charge in [-0.3, -0.25) is 9.59 Å². The summed E-state index contributed by atoms with van der Waals surface area (Å²) in [7, 11) is 0. The van der Waals surface area contributed by atoms with Crippen molar-refractivity contribution < 1.29 is 28.6 Å². The summed E-state index contributed by atoms with van der Waals surface area (Å²) in [5.74, 6) is 0.151. The average molecular weight is 411 g/mol. The molecule has 1 aromatic carbocycles. The van der Waals surface area contributed by atoms with Gasteiger partial charge in [0.15, 0.2) is 23.4 Å². The van der Waals surface area contributed by atoms with Crippen LogP contribution in [0, 0.1) is 13.8 Å². The number of hydrogen-bond acceptors (Lipinski definition) is 6. The van der Waals surface area contributed by atoms with Gasteiger partial charge < -0.3 is 19.2 Å². The summed E-state index contributed by atoms with van der Waals surface area (Å²) in [6.07, 6.45) is 2.66. The molecule has 7 nitrogen and oxygen atoms in total. The Morgan fingerprint density at radius 1 is 1.13 bits per heavy atom. The van der Waals surface area contributed by atoms with Crippen LogP contribution in [-0.2, 0) is 9.53 Å². The van der Waals surface area contributed by atoms with Crippen LogP contribution in [0.3, 0.4) is 0 Å². The molecular weight excluding hydrogens is 386 g/mol. The van der Waals surface area contributed by atoms with Crippen LogP contribution < -0.4 is 9.47 Å². The molecule has 1 aromatic heterocycles. The van der Waals surface area contributed by atoms with E-state index < -0.39 is 12.1 Å². The Balaban J connectivity index is 1.66. The smallest absolute Gasteiger partial charge is 0.331 e. The minimum Gasteiger partial charge on any atom is -0.490 e. The van der Waals surface area contributed by atoms with Crippen molar-refractivity contribution in [1.82, 2.24) is 4.98 Å². The van der Waals surface area contributed by atoms with E-state index in [0.29, 0.717) is 41.5 Å². The molecule has 0 bridgehead atoms. The van der Waals surface area contributed by atoms with Crippen molar-refractivity contribution in [3.63, 3.8) is 0 Å². The van der Waals surface area contributed by atoms with E-state index in [1.165, 1.54) is 19.9 Å². The number of ketones is 2. The zero-order chi connectivity index (χ0) is 21.8. The maximum absolute atomic E-state index is 12.7. The number of esters is 1. The normalized spacial score (nSPS) is 14.3. The summed E-state index contributed by atoms with van der Waals surface area (Å²) in [5, 5.41) is 0. The second-order valence-corrected chi connectivity index (χ2v) is 7.21. The summed E-state index contributed by atoms with van der Waals surface area (Å²) in [6, 6.07) is 5.38. The molecule has 2 heterocycles. The predicted molar refractivity (Wildman–Crippen MR) is 111 cm³/mol. The third-order valence-electron chi connectivity index (χ3n) is 4.88. The third kappa shape index (κ3) is 4.62. The van der Waals surface area contributed by atoms with Crippen LogP contribution in [0.4, 0.5) is 0 Å². The number of carbonyl (C=O) groups excluding carboxylic acids is 3. The van der Waals surface area contributed by atoms with Crippen LogP contribution >= 0.6 is 0 Å². The molecule has 1 aliphatic heterocycles. The van der Waals surface area contributed by atoms with Crippen molar-refractivity contribution in [3.05, 3.63) is 52.4 Å². The first kappa shape index (κ1) is 21.4. The SMILES string of the molecule is CC(=O)c1c(C)[nH]c(C(=O)[C@H](C)OC(=O)/C=C/c2ccc3c(c2)OCCCO3)c1C. The van der Waals surface area contributed by atoms with Gasteiger partial charge in [-0.15, -0.1) is 0 Å². The van der Waals surface area contributed by atoms with E-state index in [9.17, 15) is 14.4 Å². The van der Waals surface area contributed by atoms with Crippen molar-refractivity contribution >= 4 is 23.6 Å². The van der Waals surface area contributed by atoms with Gasteiger partial charge in [0.2, 0.25) is 5.78 Å². The first-order valence-corrected chi connectivity index (χ1v) is 9.80. The minimum absolute atomic E-state index is 0.122. The minimum atomic E-state index is -0.998. The number of benzene rings is 1. The van der Waals surface area contributed by atoms with E-state index in [1.807, 2.05) is 0 Å². The number of hydrogen-bond donors (Lipinski definition) is 1. The van der Waals surface area contributed by atoms with Gasteiger partial charge in [0.25, 0.3) is 0 Å². The van der Waals surface area contributed by atoms with Crippen molar-refractivity contribution in [1.29, 1.82) is 0 Å². The quantitative estimate of drug-likeness (QED) is 0.441. The van der Waals surface area contributed by atoms with Gasteiger partial charge >= 0.3 is 5.97 Å². The number of ether oxygens (including phenoxy) is 3. The molecule has 0 saturated heterocycles.